The van der Waals surface area contributed by atoms with Crippen LogP contribution in [0.15, 0.2) is 22.2 Å². The van der Waals surface area contributed by atoms with E-state index in [0.29, 0.717) is 25.5 Å². The van der Waals surface area contributed by atoms with Gasteiger partial charge in [-0.1, -0.05) is 0 Å². The number of nitrogens with two attached hydrogens (primary N) is 1. The van der Waals surface area contributed by atoms with Gasteiger partial charge in [0.05, 0.1) is 31.2 Å². The van der Waals surface area contributed by atoms with Crippen molar-refractivity contribution in [2.45, 2.75) is 13.0 Å². The van der Waals surface area contributed by atoms with Crippen molar-refractivity contribution in [1.29, 1.82) is 0 Å². The number of ether oxygens (including phenoxy) is 1. The van der Waals surface area contributed by atoms with E-state index in [4.69, 9.17) is 15.6 Å². The summed E-state index contributed by atoms with van der Waals surface area (Å²) in [5, 5.41) is 8.60. The predicted molar refractivity (Wildman–Crippen MR) is 65.8 cm³/mol. The second kappa shape index (κ2) is 5.60. The Morgan fingerprint density at radius 2 is 2.35 bits per heavy atom. The fourth-order valence-corrected chi connectivity index (χ4v) is 1.72. The molecule has 3 N–H and O–H groups in total. The quantitative estimate of drug-likeness (QED) is 0.709. The minimum Gasteiger partial charge on any atom is -0.394 e. The molecule has 1 aliphatic rings. The van der Waals surface area contributed by atoms with Crippen LogP contribution in [0, 0.1) is 0 Å². The van der Waals surface area contributed by atoms with Crippen LogP contribution in [0.1, 0.15) is 5.69 Å². The first-order chi connectivity index (χ1) is 8.31. The molecule has 2 rings (SSSR count). The number of aliphatic imine (C=N–C) groups is 2. The largest absolute Gasteiger partial charge is 0.394 e. The van der Waals surface area contributed by atoms with Gasteiger partial charge in [-0.3, -0.25) is 0 Å². The van der Waals surface area contributed by atoms with E-state index in [-0.39, 0.29) is 6.61 Å². The van der Waals surface area contributed by atoms with Gasteiger partial charge in [-0.25, -0.2) is 9.98 Å². The molecule has 0 saturated carbocycles. The highest BCUT2D eigenvalue weighted by Gasteiger charge is 2.11. The van der Waals surface area contributed by atoms with Crippen LogP contribution in [0.3, 0.4) is 0 Å². The predicted octanol–water partition coefficient (Wildman–Crippen LogP) is 0.0701. The second-order valence-electron chi connectivity index (χ2n) is 3.72. The SMILES string of the molecule is NC1=NC=Nc2ccn(CCOCCO)c2C1. The van der Waals surface area contributed by atoms with Gasteiger partial charge < -0.3 is 20.1 Å². The number of rotatable bonds is 5. The van der Waals surface area contributed by atoms with Gasteiger partial charge in [0, 0.05) is 19.2 Å². The normalized spacial score (nSPS) is 14.3. The zero-order valence-corrected chi connectivity index (χ0v) is 9.54. The van der Waals surface area contributed by atoms with E-state index in [0.717, 1.165) is 17.9 Å². The zero-order chi connectivity index (χ0) is 12.1. The minimum absolute atomic E-state index is 0.0493. The maximum atomic E-state index is 8.60. The van der Waals surface area contributed by atoms with E-state index in [1.54, 1.807) is 0 Å². The molecule has 1 aromatic rings. The molecule has 0 aliphatic carbocycles. The first kappa shape index (κ1) is 11.8. The van der Waals surface area contributed by atoms with E-state index < -0.39 is 0 Å². The third kappa shape index (κ3) is 2.92. The Labute approximate surface area is 99.4 Å². The molecule has 0 atom stereocenters. The molecule has 0 amide bonds. The lowest BCUT2D eigenvalue weighted by atomic mass is 10.2. The monoisotopic (exact) mass is 236 g/mol. The highest BCUT2D eigenvalue weighted by atomic mass is 16.5. The molecular weight excluding hydrogens is 220 g/mol. The third-order valence-corrected chi connectivity index (χ3v) is 2.54. The Kier molecular flexibility index (Phi) is 3.89. The lowest BCUT2D eigenvalue weighted by Crippen LogP contribution is -2.18. The second-order valence-corrected chi connectivity index (χ2v) is 3.72. The molecule has 1 aromatic heterocycles. The molecule has 0 spiro atoms. The van der Waals surface area contributed by atoms with E-state index in [9.17, 15) is 0 Å². The van der Waals surface area contributed by atoms with Gasteiger partial charge in [0.25, 0.3) is 0 Å². The van der Waals surface area contributed by atoms with Crippen LogP contribution < -0.4 is 5.73 Å². The molecule has 0 radical (unpaired) electrons. The van der Waals surface area contributed by atoms with Crippen LogP contribution in [-0.2, 0) is 17.7 Å². The highest BCUT2D eigenvalue weighted by Crippen LogP contribution is 2.22. The fourth-order valence-electron chi connectivity index (χ4n) is 1.72. The summed E-state index contributed by atoms with van der Waals surface area (Å²) in [7, 11) is 0. The Morgan fingerprint density at radius 3 is 3.18 bits per heavy atom. The Bertz CT molecular complexity index is 437. The van der Waals surface area contributed by atoms with Crippen LogP contribution in [0.2, 0.25) is 0 Å². The minimum atomic E-state index is 0.0493. The summed E-state index contributed by atoms with van der Waals surface area (Å²) < 4.78 is 7.29. The van der Waals surface area contributed by atoms with Crippen LogP contribution in [0.4, 0.5) is 5.69 Å². The molecule has 0 unspecified atom stereocenters. The topological polar surface area (TPSA) is 85.1 Å². The number of fused-ring (bicyclic) bond motifs is 1. The summed E-state index contributed by atoms with van der Waals surface area (Å²) in [4.78, 5) is 8.19. The lowest BCUT2D eigenvalue weighted by Gasteiger charge is -2.09. The van der Waals surface area contributed by atoms with Crippen LogP contribution in [0.25, 0.3) is 0 Å². The van der Waals surface area contributed by atoms with Gasteiger partial charge in [-0.05, 0) is 6.07 Å². The fraction of sp³-hybridized carbons (Fsp3) is 0.455. The van der Waals surface area contributed by atoms with Crippen molar-refractivity contribution in [3.8, 4) is 0 Å². The van der Waals surface area contributed by atoms with Crippen molar-refractivity contribution in [1.82, 2.24) is 4.57 Å². The number of nitrogens with zero attached hydrogens (tertiary/aromatic N) is 3. The maximum absolute atomic E-state index is 8.60. The zero-order valence-electron chi connectivity index (χ0n) is 9.54. The molecule has 6 heteroatoms. The Balaban J connectivity index is 2.03. The lowest BCUT2D eigenvalue weighted by molar-refractivity contribution is 0.0868. The van der Waals surface area contributed by atoms with Crippen LogP contribution in [-0.4, -0.2) is 41.7 Å². The number of amidine groups is 1. The van der Waals surface area contributed by atoms with Gasteiger partial charge in [-0.15, -0.1) is 0 Å². The standard InChI is InChI=1S/C11H16N4O2/c12-11-7-10-9(13-8-14-11)1-2-15(10)3-5-17-6-4-16/h1-2,8,16H,3-7H2,(H2,12,13,14). The van der Waals surface area contributed by atoms with Gasteiger partial charge >= 0.3 is 0 Å². The van der Waals surface area contributed by atoms with Gasteiger partial charge in [-0.2, -0.15) is 0 Å². The first-order valence-corrected chi connectivity index (χ1v) is 5.52. The van der Waals surface area contributed by atoms with Crippen molar-refractivity contribution in [3.63, 3.8) is 0 Å². The molecule has 92 valence electrons. The van der Waals surface area contributed by atoms with Crippen LogP contribution in [0.5, 0.6) is 0 Å². The smallest absolute Gasteiger partial charge is 0.118 e. The van der Waals surface area contributed by atoms with E-state index >= 15 is 0 Å². The summed E-state index contributed by atoms with van der Waals surface area (Å²) in [6.07, 6.45) is 4.04. The number of hydrogen-bond acceptors (Lipinski definition) is 5. The average molecular weight is 236 g/mol. The number of aliphatic hydroxyl groups is 1. The highest BCUT2D eigenvalue weighted by molar-refractivity contribution is 5.91. The van der Waals surface area contributed by atoms with E-state index in [1.165, 1.54) is 6.34 Å². The van der Waals surface area contributed by atoms with Gasteiger partial charge in [0.1, 0.15) is 12.2 Å². The molecule has 17 heavy (non-hydrogen) atoms. The van der Waals surface area contributed by atoms with Gasteiger partial charge in [0.2, 0.25) is 0 Å². The maximum Gasteiger partial charge on any atom is 0.118 e. The van der Waals surface area contributed by atoms with Crippen LogP contribution >= 0.6 is 0 Å². The molecule has 0 bridgehead atoms. The number of hydrogen-bond donors (Lipinski definition) is 2. The Hall–Kier alpha value is -1.66. The van der Waals surface area contributed by atoms with Crippen molar-refractivity contribution in [3.05, 3.63) is 18.0 Å². The molecule has 1 aliphatic heterocycles. The third-order valence-electron chi connectivity index (χ3n) is 2.54. The number of aliphatic hydroxyl groups excluding tert-OH is 1. The summed E-state index contributed by atoms with van der Waals surface area (Å²) in [6.45, 7) is 1.69. The van der Waals surface area contributed by atoms with Crippen molar-refractivity contribution >= 4 is 17.9 Å². The van der Waals surface area contributed by atoms with Crippen molar-refractivity contribution in [2.24, 2.45) is 15.7 Å². The summed E-state index contributed by atoms with van der Waals surface area (Å²) in [5.74, 6) is 0.559. The van der Waals surface area contributed by atoms with Crippen molar-refractivity contribution < 1.29 is 9.84 Å². The summed E-state index contributed by atoms with van der Waals surface area (Å²) in [6, 6.07) is 1.94. The van der Waals surface area contributed by atoms with Crippen molar-refractivity contribution in [2.75, 3.05) is 19.8 Å². The molecule has 0 fully saturated rings. The molecule has 0 saturated heterocycles. The number of aromatic nitrogens is 1. The van der Waals surface area contributed by atoms with Gasteiger partial charge in [0.15, 0.2) is 0 Å². The Morgan fingerprint density at radius 1 is 1.47 bits per heavy atom. The summed E-state index contributed by atoms with van der Waals surface area (Å²) >= 11 is 0. The average Bonchev–Trinajstić information content (AvgIpc) is 2.57. The van der Waals surface area contributed by atoms with E-state index in [1.807, 2.05) is 12.3 Å². The van der Waals surface area contributed by atoms with E-state index in [2.05, 4.69) is 14.6 Å². The molecule has 6 nitrogen and oxygen atoms in total. The molecule has 2 heterocycles. The molecular formula is C11H16N4O2. The molecule has 0 aromatic carbocycles. The summed E-state index contributed by atoms with van der Waals surface area (Å²) in [5.41, 5.74) is 7.68. The first-order valence-electron chi connectivity index (χ1n) is 5.52.